The summed E-state index contributed by atoms with van der Waals surface area (Å²) in [7, 11) is 1.98. The summed E-state index contributed by atoms with van der Waals surface area (Å²) in [4.78, 5) is 12.3. The number of carbonyl (C=O) groups excluding carboxylic acids is 1. The minimum Gasteiger partial charge on any atom is -0.377 e. The average Bonchev–Trinajstić information content (AvgIpc) is 2.65. The van der Waals surface area contributed by atoms with E-state index in [2.05, 4.69) is 21.2 Å². The summed E-state index contributed by atoms with van der Waals surface area (Å²) in [6, 6.07) is 7.94. The molecule has 0 aliphatic carbocycles. The number of benzene rings is 1. The number of rotatable bonds is 4. The Labute approximate surface area is 128 Å². The van der Waals surface area contributed by atoms with Crippen molar-refractivity contribution in [1.29, 1.82) is 0 Å². The second-order valence-corrected chi connectivity index (χ2v) is 6.00. The van der Waals surface area contributed by atoms with Crippen molar-refractivity contribution in [3.05, 3.63) is 51.3 Å². The first-order valence-corrected chi connectivity index (χ1v) is 7.35. The second-order valence-electron chi connectivity index (χ2n) is 5.08. The molecular formula is C16H19BrN2O. The van der Waals surface area contributed by atoms with Crippen molar-refractivity contribution in [3.63, 3.8) is 0 Å². The Kier molecular flexibility index (Phi) is 4.33. The first-order valence-electron chi connectivity index (χ1n) is 6.56. The summed E-state index contributed by atoms with van der Waals surface area (Å²) in [6.07, 6.45) is 0. The van der Waals surface area contributed by atoms with Gasteiger partial charge in [-0.05, 0) is 50.6 Å². The molecule has 0 fully saturated rings. The van der Waals surface area contributed by atoms with Crippen LogP contribution in [0, 0.1) is 20.8 Å². The molecule has 0 unspecified atom stereocenters. The van der Waals surface area contributed by atoms with Gasteiger partial charge in [-0.25, -0.2) is 0 Å². The summed E-state index contributed by atoms with van der Waals surface area (Å²) in [6.45, 7) is 6.32. The van der Waals surface area contributed by atoms with Crippen molar-refractivity contribution in [2.75, 3.05) is 11.9 Å². The fourth-order valence-electron chi connectivity index (χ4n) is 2.23. The highest BCUT2D eigenvalue weighted by atomic mass is 79.9. The van der Waals surface area contributed by atoms with Crippen molar-refractivity contribution >= 4 is 27.4 Å². The van der Waals surface area contributed by atoms with Crippen LogP contribution in [0.15, 0.2) is 28.7 Å². The SMILES string of the molecule is Cc1cc(Br)ccc1NCC(=O)c1cc(C)n(C)c1C. The molecule has 0 saturated carbocycles. The molecule has 4 heteroatoms. The number of Topliss-reactive ketones (excluding diaryl/α,β-unsaturated/α-hetero) is 1. The number of aryl methyl sites for hydroxylation is 2. The van der Waals surface area contributed by atoms with Gasteiger partial charge in [0.05, 0.1) is 6.54 Å². The normalized spacial score (nSPS) is 10.7. The highest BCUT2D eigenvalue weighted by Gasteiger charge is 2.13. The van der Waals surface area contributed by atoms with Gasteiger partial charge in [-0.1, -0.05) is 15.9 Å². The summed E-state index contributed by atoms with van der Waals surface area (Å²) in [5.74, 6) is 0.119. The van der Waals surface area contributed by atoms with Gasteiger partial charge in [0, 0.05) is 34.2 Å². The van der Waals surface area contributed by atoms with Gasteiger partial charge in [0.25, 0.3) is 0 Å². The molecule has 0 bridgehead atoms. The maximum Gasteiger partial charge on any atom is 0.183 e. The maximum absolute atomic E-state index is 12.3. The smallest absolute Gasteiger partial charge is 0.183 e. The van der Waals surface area contributed by atoms with Gasteiger partial charge < -0.3 is 9.88 Å². The van der Waals surface area contributed by atoms with Crippen molar-refractivity contribution in [2.45, 2.75) is 20.8 Å². The zero-order valence-corrected chi connectivity index (χ0v) is 13.8. The van der Waals surface area contributed by atoms with Gasteiger partial charge in [0.1, 0.15) is 0 Å². The fraction of sp³-hybridized carbons (Fsp3) is 0.312. The minimum atomic E-state index is 0.119. The minimum absolute atomic E-state index is 0.119. The topological polar surface area (TPSA) is 34.0 Å². The molecule has 0 spiro atoms. The zero-order chi connectivity index (χ0) is 14.9. The number of ketones is 1. The van der Waals surface area contributed by atoms with Crippen LogP contribution in [0.2, 0.25) is 0 Å². The lowest BCUT2D eigenvalue weighted by atomic mass is 10.1. The number of nitrogens with one attached hydrogen (secondary N) is 1. The third-order valence-corrected chi connectivity index (χ3v) is 4.20. The van der Waals surface area contributed by atoms with Crippen molar-refractivity contribution in [3.8, 4) is 0 Å². The van der Waals surface area contributed by atoms with Crippen LogP contribution in [0.4, 0.5) is 5.69 Å². The number of halogens is 1. The van der Waals surface area contributed by atoms with E-state index in [1.807, 2.05) is 56.7 Å². The number of anilines is 1. The van der Waals surface area contributed by atoms with E-state index in [4.69, 9.17) is 0 Å². The Morgan fingerprint density at radius 2 is 1.95 bits per heavy atom. The molecule has 0 radical (unpaired) electrons. The maximum atomic E-state index is 12.3. The molecule has 106 valence electrons. The van der Waals surface area contributed by atoms with Crippen LogP contribution in [0.5, 0.6) is 0 Å². The van der Waals surface area contributed by atoms with Gasteiger partial charge in [0.15, 0.2) is 5.78 Å². The molecule has 2 aromatic rings. The largest absolute Gasteiger partial charge is 0.377 e. The van der Waals surface area contributed by atoms with Crippen LogP contribution in [0.25, 0.3) is 0 Å². The fourth-order valence-corrected chi connectivity index (χ4v) is 2.71. The van der Waals surface area contributed by atoms with E-state index in [0.717, 1.165) is 32.7 Å². The van der Waals surface area contributed by atoms with Crippen LogP contribution in [0.1, 0.15) is 27.3 Å². The molecule has 0 aliphatic rings. The molecule has 1 N–H and O–H groups in total. The Balaban J connectivity index is 2.10. The van der Waals surface area contributed by atoms with E-state index in [1.54, 1.807) is 0 Å². The Morgan fingerprint density at radius 1 is 1.25 bits per heavy atom. The first kappa shape index (κ1) is 14.9. The van der Waals surface area contributed by atoms with Gasteiger partial charge in [-0.3, -0.25) is 4.79 Å². The lowest BCUT2D eigenvalue weighted by Crippen LogP contribution is -2.15. The third-order valence-electron chi connectivity index (χ3n) is 3.70. The monoisotopic (exact) mass is 334 g/mol. The van der Waals surface area contributed by atoms with E-state index in [-0.39, 0.29) is 5.78 Å². The van der Waals surface area contributed by atoms with Crippen molar-refractivity contribution < 1.29 is 4.79 Å². The van der Waals surface area contributed by atoms with Crippen LogP contribution in [-0.4, -0.2) is 16.9 Å². The average molecular weight is 335 g/mol. The molecule has 1 aromatic heterocycles. The van der Waals surface area contributed by atoms with Crippen LogP contribution in [-0.2, 0) is 7.05 Å². The molecule has 0 amide bonds. The molecule has 20 heavy (non-hydrogen) atoms. The Hall–Kier alpha value is -1.55. The highest BCUT2D eigenvalue weighted by Crippen LogP contribution is 2.20. The lowest BCUT2D eigenvalue weighted by molar-refractivity contribution is 0.101. The van der Waals surface area contributed by atoms with Gasteiger partial charge >= 0.3 is 0 Å². The van der Waals surface area contributed by atoms with Crippen LogP contribution < -0.4 is 5.32 Å². The summed E-state index contributed by atoms with van der Waals surface area (Å²) in [5, 5.41) is 3.21. The number of hydrogen-bond donors (Lipinski definition) is 1. The number of nitrogens with zero attached hydrogens (tertiary/aromatic N) is 1. The molecule has 2 rings (SSSR count). The zero-order valence-electron chi connectivity index (χ0n) is 12.2. The third kappa shape index (κ3) is 2.96. The second kappa shape index (κ2) is 5.83. The van der Waals surface area contributed by atoms with Gasteiger partial charge in [-0.2, -0.15) is 0 Å². The Bertz CT molecular complexity index is 659. The number of aromatic nitrogens is 1. The van der Waals surface area contributed by atoms with E-state index in [9.17, 15) is 4.79 Å². The lowest BCUT2D eigenvalue weighted by Gasteiger charge is -2.09. The van der Waals surface area contributed by atoms with Crippen LogP contribution in [0.3, 0.4) is 0 Å². The van der Waals surface area contributed by atoms with Crippen molar-refractivity contribution in [1.82, 2.24) is 4.57 Å². The van der Waals surface area contributed by atoms with E-state index >= 15 is 0 Å². The standard InChI is InChI=1S/C16H19BrN2O/c1-10-7-13(17)5-6-15(10)18-9-16(20)14-8-11(2)19(4)12(14)3/h5-8,18H,9H2,1-4H3. The molecule has 1 aromatic carbocycles. The summed E-state index contributed by atoms with van der Waals surface area (Å²) < 4.78 is 3.08. The quantitative estimate of drug-likeness (QED) is 0.857. The molecule has 3 nitrogen and oxygen atoms in total. The van der Waals surface area contributed by atoms with Crippen LogP contribution >= 0.6 is 15.9 Å². The Morgan fingerprint density at radius 3 is 2.50 bits per heavy atom. The predicted molar refractivity (Wildman–Crippen MR) is 86.6 cm³/mol. The molecular weight excluding hydrogens is 316 g/mol. The van der Waals surface area contributed by atoms with E-state index < -0.39 is 0 Å². The molecule has 0 saturated heterocycles. The molecule has 1 heterocycles. The molecule has 0 atom stereocenters. The van der Waals surface area contributed by atoms with Gasteiger partial charge in [-0.15, -0.1) is 0 Å². The first-order chi connectivity index (χ1) is 9.40. The number of carbonyl (C=O) groups is 1. The number of hydrogen-bond acceptors (Lipinski definition) is 2. The van der Waals surface area contributed by atoms with E-state index in [0.29, 0.717) is 6.54 Å². The van der Waals surface area contributed by atoms with E-state index in [1.165, 1.54) is 0 Å². The summed E-state index contributed by atoms with van der Waals surface area (Å²) >= 11 is 3.44. The molecule has 0 aliphatic heterocycles. The van der Waals surface area contributed by atoms with Gasteiger partial charge in [0.2, 0.25) is 0 Å². The summed E-state index contributed by atoms with van der Waals surface area (Å²) in [5.41, 5.74) is 5.03. The predicted octanol–water partition coefficient (Wildman–Crippen LogP) is 4.01. The highest BCUT2D eigenvalue weighted by molar-refractivity contribution is 9.10. The van der Waals surface area contributed by atoms with Crippen molar-refractivity contribution in [2.24, 2.45) is 7.05 Å².